The summed E-state index contributed by atoms with van der Waals surface area (Å²) in [7, 11) is 1.72. The van der Waals surface area contributed by atoms with Crippen molar-refractivity contribution >= 4 is 16.7 Å². The minimum Gasteiger partial charge on any atom is -0.364 e. The van der Waals surface area contributed by atoms with Crippen molar-refractivity contribution in [2.24, 2.45) is 7.05 Å². The summed E-state index contributed by atoms with van der Waals surface area (Å²) in [6.07, 6.45) is 0. The summed E-state index contributed by atoms with van der Waals surface area (Å²) in [4.78, 5) is 22.1. The molecular weight excluding hydrogens is 453 g/mol. The molecule has 1 aliphatic rings. The first-order chi connectivity index (χ1) is 17.4. The third-order valence-electron chi connectivity index (χ3n) is 7.16. The zero-order valence-corrected chi connectivity index (χ0v) is 20.6. The molecule has 0 spiro atoms. The molecule has 182 valence electrons. The van der Waals surface area contributed by atoms with Gasteiger partial charge in [0.05, 0.1) is 17.2 Å². The molecule has 4 aromatic rings. The number of pyridine rings is 2. The molecule has 2 aromatic heterocycles. The zero-order chi connectivity index (χ0) is 25.4. The number of anilines is 1. The molecule has 5 rings (SSSR count). The number of aromatic nitrogens is 2. The third kappa shape index (κ3) is 4.25. The Labute approximate surface area is 209 Å². The molecule has 0 N–H and O–H groups in total. The summed E-state index contributed by atoms with van der Waals surface area (Å²) < 4.78 is 15.3. The van der Waals surface area contributed by atoms with E-state index >= 15 is 0 Å². The number of halogens is 1. The topological polar surface area (TPSA) is 65.2 Å². The monoisotopic (exact) mass is 481 g/mol. The van der Waals surface area contributed by atoms with E-state index in [1.807, 2.05) is 30.3 Å². The van der Waals surface area contributed by atoms with E-state index in [9.17, 15) is 14.4 Å². The number of nitriles is 1. The largest absolute Gasteiger partial charge is 0.364 e. The van der Waals surface area contributed by atoms with Crippen molar-refractivity contribution in [3.05, 3.63) is 106 Å². The van der Waals surface area contributed by atoms with Gasteiger partial charge in [0, 0.05) is 38.3 Å². The maximum absolute atomic E-state index is 13.7. The van der Waals surface area contributed by atoms with Crippen molar-refractivity contribution in [2.45, 2.75) is 32.0 Å². The SMILES string of the molecule is CC1CN(c2cc(=O)n(C)c3ccc(C#N)nc23)[C@@H](C)CN1C(c1ccccc1)c1ccc(F)cc1. The average Bonchev–Trinajstić information content (AvgIpc) is 2.89. The van der Waals surface area contributed by atoms with Gasteiger partial charge in [0.25, 0.3) is 5.56 Å². The van der Waals surface area contributed by atoms with Gasteiger partial charge in [-0.05, 0) is 49.2 Å². The first-order valence-electron chi connectivity index (χ1n) is 12.1. The molecule has 0 aliphatic carbocycles. The van der Waals surface area contributed by atoms with E-state index in [1.165, 1.54) is 12.1 Å². The highest BCUT2D eigenvalue weighted by Gasteiger charge is 2.36. The van der Waals surface area contributed by atoms with Crippen LogP contribution in [0.1, 0.15) is 36.7 Å². The van der Waals surface area contributed by atoms with Crippen LogP contribution in [-0.4, -0.2) is 39.6 Å². The van der Waals surface area contributed by atoms with Crippen molar-refractivity contribution < 1.29 is 4.39 Å². The van der Waals surface area contributed by atoms with Crippen LogP contribution in [0.2, 0.25) is 0 Å². The molecule has 1 fully saturated rings. The lowest BCUT2D eigenvalue weighted by Gasteiger charge is -2.48. The number of nitrogens with zero attached hydrogens (tertiary/aromatic N) is 5. The van der Waals surface area contributed by atoms with Gasteiger partial charge in [-0.1, -0.05) is 42.5 Å². The Bertz CT molecular complexity index is 1490. The second-order valence-electron chi connectivity index (χ2n) is 9.51. The van der Waals surface area contributed by atoms with Crippen LogP contribution >= 0.6 is 0 Å². The van der Waals surface area contributed by atoms with E-state index in [1.54, 1.807) is 29.8 Å². The van der Waals surface area contributed by atoms with Gasteiger partial charge >= 0.3 is 0 Å². The van der Waals surface area contributed by atoms with E-state index in [4.69, 9.17) is 0 Å². The highest BCUT2D eigenvalue weighted by molar-refractivity contribution is 5.89. The van der Waals surface area contributed by atoms with Crippen LogP contribution in [0.25, 0.3) is 11.0 Å². The quantitative estimate of drug-likeness (QED) is 0.425. The Balaban J connectivity index is 1.55. The molecule has 6 nitrogen and oxygen atoms in total. The number of rotatable bonds is 4. The molecule has 2 aromatic carbocycles. The standard InChI is InChI=1S/C29H28FN5O/c1-19-18-35(29(21-7-5-4-6-8-21)22-9-11-23(30)12-10-22)20(2)17-34(19)26-15-27(36)33(3)25-14-13-24(16-31)32-28(25)26/h4-15,19-20,29H,17-18H2,1-3H3/t19-,20?,29?/m0/s1. The van der Waals surface area contributed by atoms with E-state index in [0.717, 1.165) is 23.4 Å². The molecule has 0 bridgehead atoms. The zero-order valence-electron chi connectivity index (χ0n) is 20.6. The normalized spacial score (nSPS) is 19.2. The number of hydrogen-bond donors (Lipinski definition) is 0. The van der Waals surface area contributed by atoms with Crippen LogP contribution in [0.5, 0.6) is 0 Å². The van der Waals surface area contributed by atoms with E-state index in [2.05, 4.69) is 46.8 Å². The van der Waals surface area contributed by atoms with Crippen LogP contribution in [0.3, 0.4) is 0 Å². The molecule has 3 heterocycles. The minimum absolute atomic E-state index is 0.0323. The van der Waals surface area contributed by atoms with E-state index < -0.39 is 0 Å². The van der Waals surface area contributed by atoms with Gasteiger partial charge in [0.2, 0.25) is 0 Å². The summed E-state index contributed by atoms with van der Waals surface area (Å²) in [6, 6.07) is 24.3. The predicted molar refractivity (Wildman–Crippen MR) is 139 cm³/mol. The van der Waals surface area contributed by atoms with Crippen LogP contribution < -0.4 is 10.5 Å². The minimum atomic E-state index is -0.251. The van der Waals surface area contributed by atoms with E-state index in [0.29, 0.717) is 23.3 Å². The van der Waals surface area contributed by atoms with Crippen molar-refractivity contribution in [3.8, 4) is 6.07 Å². The number of hydrogen-bond acceptors (Lipinski definition) is 5. The lowest BCUT2D eigenvalue weighted by molar-refractivity contribution is 0.130. The predicted octanol–water partition coefficient (Wildman–Crippen LogP) is 4.63. The van der Waals surface area contributed by atoms with Crippen LogP contribution in [0, 0.1) is 17.1 Å². The highest BCUT2D eigenvalue weighted by atomic mass is 19.1. The molecule has 0 amide bonds. The molecule has 36 heavy (non-hydrogen) atoms. The van der Waals surface area contributed by atoms with Crippen molar-refractivity contribution in [2.75, 3.05) is 18.0 Å². The number of benzene rings is 2. The van der Waals surface area contributed by atoms with Crippen molar-refractivity contribution in [1.82, 2.24) is 14.5 Å². The molecule has 7 heteroatoms. The van der Waals surface area contributed by atoms with Gasteiger partial charge in [-0.2, -0.15) is 5.26 Å². The molecule has 1 aliphatic heterocycles. The van der Waals surface area contributed by atoms with Gasteiger partial charge in [-0.3, -0.25) is 9.69 Å². The van der Waals surface area contributed by atoms with Gasteiger partial charge in [-0.15, -0.1) is 0 Å². The lowest BCUT2D eigenvalue weighted by Crippen LogP contribution is -2.57. The number of piperazine rings is 1. The molecule has 0 radical (unpaired) electrons. The van der Waals surface area contributed by atoms with Crippen LogP contribution in [-0.2, 0) is 7.05 Å². The van der Waals surface area contributed by atoms with Gasteiger partial charge in [0.15, 0.2) is 0 Å². The molecular formula is C29H28FN5O. The first-order valence-corrected chi connectivity index (χ1v) is 12.1. The average molecular weight is 482 g/mol. The fourth-order valence-electron chi connectivity index (χ4n) is 5.30. The van der Waals surface area contributed by atoms with Gasteiger partial charge < -0.3 is 9.47 Å². The first kappa shape index (κ1) is 23.7. The number of fused-ring (bicyclic) bond motifs is 1. The van der Waals surface area contributed by atoms with Gasteiger partial charge in [-0.25, -0.2) is 9.37 Å². The Morgan fingerprint density at radius 3 is 2.36 bits per heavy atom. The van der Waals surface area contributed by atoms with E-state index in [-0.39, 0.29) is 29.5 Å². The molecule has 0 saturated carbocycles. The Kier molecular flexibility index (Phi) is 6.29. The Hall–Kier alpha value is -4.02. The second kappa shape index (κ2) is 9.56. The lowest BCUT2D eigenvalue weighted by atomic mass is 9.93. The van der Waals surface area contributed by atoms with Crippen molar-refractivity contribution in [3.63, 3.8) is 0 Å². The smallest absolute Gasteiger partial charge is 0.252 e. The molecule has 3 atom stereocenters. The third-order valence-corrected chi connectivity index (χ3v) is 7.16. The maximum Gasteiger partial charge on any atom is 0.252 e. The Morgan fingerprint density at radius 1 is 0.972 bits per heavy atom. The Morgan fingerprint density at radius 2 is 1.67 bits per heavy atom. The summed E-state index contributed by atoms with van der Waals surface area (Å²) in [5.74, 6) is -0.251. The molecule has 2 unspecified atom stereocenters. The summed E-state index contributed by atoms with van der Waals surface area (Å²) in [5.41, 5.74) is 4.50. The number of aryl methyl sites for hydroxylation is 1. The van der Waals surface area contributed by atoms with Crippen LogP contribution in [0.15, 0.2) is 77.6 Å². The maximum atomic E-state index is 13.7. The molecule has 1 saturated heterocycles. The van der Waals surface area contributed by atoms with Gasteiger partial charge in [0.1, 0.15) is 23.1 Å². The summed E-state index contributed by atoms with van der Waals surface area (Å²) >= 11 is 0. The fraction of sp³-hybridized carbons (Fsp3) is 0.276. The van der Waals surface area contributed by atoms with Crippen LogP contribution in [0.4, 0.5) is 10.1 Å². The second-order valence-corrected chi connectivity index (χ2v) is 9.51. The fourth-order valence-corrected chi connectivity index (χ4v) is 5.30. The highest BCUT2D eigenvalue weighted by Crippen LogP contribution is 2.35. The summed E-state index contributed by atoms with van der Waals surface area (Å²) in [5, 5.41) is 9.42. The summed E-state index contributed by atoms with van der Waals surface area (Å²) in [6.45, 7) is 5.72. The van der Waals surface area contributed by atoms with Crippen molar-refractivity contribution in [1.29, 1.82) is 5.26 Å².